The lowest BCUT2D eigenvalue weighted by Crippen LogP contribution is -2.60. The Kier molecular flexibility index (Phi) is 14.7. The highest BCUT2D eigenvalue weighted by atomic mass is 16.2. The maximum atomic E-state index is 14.1. The summed E-state index contributed by atoms with van der Waals surface area (Å²) in [4.78, 5) is 61.9. The number of nitrogens with zero attached hydrogens (tertiary/aromatic N) is 6. The molecule has 1 N–H and O–H groups in total. The maximum absolute atomic E-state index is 14.1. The third-order valence-electron chi connectivity index (χ3n) is 9.24. The second-order valence-electron chi connectivity index (χ2n) is 14.5. The zero-order valence-corrected chi connectivity index (χ0v) is 29.6. The lowest BCUT2D eigenvalue weighted by atomic mass is 9.84. The molecule has 4 atom stereocenters. The van der Waals surface area contributed by atoms with Crippen LogP contribution in [0.5, 0.6) is 0 Å². The third kappa shape index (κ3) is 10.0. The Hall–Kier alpha value is -3.44. The van der Waals surface area contributed by atoms with Gasteiger partial charge in [-0.05, 0) is 64.3 Å². The predicted molar refractivity (Wildman–Crippen MR) is 178 cm³/mol. The van der Waals surface area contributed by atoms with Crippen LogP contribution in [0.25, 0.3) is 0 Å². The summed E-state index contributed by atoms with van der Waals surface area (Å²) in [5.74, 6) is -0.889. The number of amides is 4. The van der Waals surface area contributed by atoms with Crippen molar-refractivity contribution >= 4 is 23.6 Å². The number of rotatable bonds is 13. The van der Waals surface area contributed by atoms with Crippen LogP contribution in [0.1, 0.15) is 100 Å². The van der Waals surface area contributed by atoms with Crippen molar-refractivity contribution in [3.8, 4) is 12.1 Å². The predicted octanol–water partition coefficient (Wildman–Crippen LogP) is 3.86. The maximum Gasteiger partial charge on any atom is 0.249 e. The second-order valence-corrected chi connectivity index (χ2v) is 14.5. The van der Waals surface area contributed by atoms with Crippen LogP contribution >= 0.6 is 0 Å². The number of carbonyl (C=O) groups is 4. The van der Waals surface area contributed by atoms with E-state index in [1.165, 1.54) is 4.90 Å². The van der Waals surface area contributed by atoms with Gasteiger partial charge in [0.05, 0.1) is 37.1 Å². The molecule has 1 unspecified atom stereocenters. The van der Waals surface area contributed by atoms with Crippen molar-refractivity contribution in [3.63, 3.8) is 0 Å². The number of carbonyl (C=O) groups excluding carboxylic acids is 4. The van der Waals surface area contributed by atoms with E-state index in [1.807, 2.05) is 34.6 Å². The molecule has 256 valence electrons. The summed E-state index contributed by atoms with van der Waals surface area (Å²) in [6, 6.07) is 2.20. The van der Waals surface area contributed by atoms with E-state index in [-0.39, 0.29) is 67.6 Å². The molecule has 2 saturated heterocycles. The van der Waals surface area contributed by atoms with Gasteiger partial charge in [0, 0.05) is 38.3 Å². The summed E-state index contributed by atoms with van der Waals surface area (Å²) in [6.07, 6.45) is 6.09. The van der Waals surface area contributed by atoms with Crippen LogP contribution in [0.4, 0.5) is 0 Å². The Bertz CT molecular complexity index is 1170. The quantitative estimate of drug-likeness (QED) is 0.302. The topological polar surface area (TPSA) is 141 Å². The molecule has 2 heterocycles. The number of likely N-dealkylation sites (N-methyl/N-ethyl adjacent to an activating group) is 1. The molecule has 2 fully saturated rings. The molecule has 0 saturated carbocycles. The molecule has 0 aromatic rings. The smallest absolute Gasteiger partial charge is 0.249 e. The highest BCUT2D eigenvalue weighted by molar-refractivity contribution is 5.97. The summed E-state index contributed by atoms with van der Waals surface area (Å²) >= 11 is 0. The number of hydrogen-bond donors (Lipinski definition) is 1. The summed E-state index contributed by atoms with van der Waals surface area (Å²) in [5.41, 5.74) is -0.120. The van der Waals surface area contributed by atoms with Gasteiger partial charge in [-0.2, -0.15) is 10.5 Å². The van der Waals surface area contributed by atoms with Crippen molar-refractivity contribution in [2.75, 3.05) is 33.2 Å². The van der Waals surface area contributed by atoms with E-state index in [1.54, 1.807) is 29.8 Å². The largest absolute Gasteiger partial charge is 0.342 e. The van der Waals surface area contributed by atoms with E-state index < -0.39 is 23.5 Å². The molecule has 11 heteroatoms. The molecular weight excluding hydrogens is 582 g/mol. The normalized spacial score (nSPS) is 20.5. The molecule has 4 amide bonds. The van der Waals surface area contributed by atoms with Gasteiger partial charge in [0.15, 0.2) is 0 Å². The summed E-state index contributed by atoms with van der Waals surface area (Å²) in [6.45, 7) is 17.4. The zero-order valence-electron chi connectivity index (χ0n) is 29.6. The van der Waals surface area contributed by atoms with Crippen LogP contribution in [-0.4, -0.2) is 107 Å². The summed E-state index contributed by atoms with van der Waals surface area (Å²) in [5, 5.41) is 21.2. The van der Waals surface area contributed by atoms with Gasteiger partial charge in [-0.1, -0.05) is 47.1 Å². The lowest BCUT2D eigenvalue weighted by Gasteiger charge is -2.41. The van der Waals surface area contributed by atoms with E-state index >= 15 is 0 Å². The number of hydrogen-bond acceptors (Lipinski definition) is 7. The number of nitriles is 2. The van der Waals surface area contributed by atoms with Gasteiger partial charge in [0.1, 0.15) is 12.1 Å². The van der Waals surface area contributed by atoms with Crippen LogP contribution < -0.4 is 5.32 Å². The number of nitrogens with one attached hydrogen (secondary N) is 1. The van der Waals surface area contributed by atoms with Gasteiger partial charge in [-0.3, -0.25) is 24.1 Å². The van der Waals surface area contributed by atoms with E-state index in [0.717, 1.165) is 25.8 Å². The molecule has 11 nitrogen and oxygen atoms in total. The van der Waals surface area contributed by atoms with Crippen LogP contribution in [0.2, 0.25) is 0 Å². The number of likely N-dealkylation sites (tertiary alicyclic amines) is 2. The Morgan fingerprint density at radius 1 is 0.935 bits per heavy atom. The van der Waals surface area contributed by atoms with E-state index in [9.17, 15) is 19.2 Å². The molecule has 2 aliphatic rings. The molecule has 0 aromatic carbocycles. The van der Waals surface area contributed by atoms with Gasteiger partial charge < -0.3 is 20.0 Å². The van der Waals surface area contributed by atoms with Gasteiger partial charge >= 0.3 is 0 Å². The standard InChI is InChI=1S/C35H57N7O4/c1-24(2)29(23-26(5)32(44)42-22-12-16-28(42)33(45)40(19-13-17-36)20-14-18-37)39(9)34(46)30(35(6,7)8)38-31(43)27-15-10-11-21-41(27)25(3)4/h23-25,27-30H,10-16,19-22H2,1-9H3,(H,38,43)/b26-23+/t27-,28+,29?,30-/m1/s1. The SMILES string of the molecule is C/C(=C\C(C(C)C)N(C)C(=O)[C@@H](NC(=O)[C@H]1CCCCN1C(C)C)C(C)(C)C)C(=O)N1CCC[C@H]1C(=O)N(CCC#N)CCC#N. The molecule has 0 aromatic heterocycles. The monoisotopic (exact) mass is 639 g/mol. The Balaban J connectivity index is 2.29. The molecule has 2 rings (SSSR count). The van der Waals surface area contributed by atoms with Crippen LogP contribution in [0.3, 0.4) is 0 Å². The molecule has 0 aliphatic carbocycles. The first-order valence-electron chi connectivity index (χ1n) is 16.9. The van der Waals surface area contributed by atoms with Crippen LogP contribution in [-0.2, 0) is 19.2 Å². The fourth-order valence-electron chi connectivity index (χ4n) is 6.58. The van der Waals surface area contributed by atoms with E-state index in [4.69, 9.17) is 10.5 Å². The van der Waals surface area contributed by atoms with Crippen molar-refractivity contribution in [1.82, 2.24) is 24.9 Å². The van der Waals surface area contributed by atoms with Crippen molar-refractivity contribution in [2.45, 2.75) is 131 Å². The minimum Gasteiger partial charge on any atom is -0.342 e. The molecule has 0 bridgehead atoms. The molecule has 46 heavy (non-hydrogen) atoms. The molecular formula is C35H57N7O4. The van der Waals surface area contributed by atoms with Crippen LogP contribution in [0.15, 0.2) is 11.6 Å². The van der Waals surface area contributed by atoms with Crippen molar-refractivity contribution in [1.29, 1.82) is 10.5 Å². The minimum atomic E-state index is -0.764. The lowest BCUT2D eigenvalue weighted by molar-refractivity contribution is -0.142. The first-order chi connectivity index (χ1) is 21.6. The second kappa shape index (κ2) is 17.5. The third-order valence-corrected chi connectivity index (χ3v) is 9.24. The van der Waals surface area contributed by atoms with Crippen molar-refractivity contribution in [3.05, 3.63) is 11.6 Å². The molecule has 0 radical (unpaired) electrons. The Labute approximate surface area is 276 Å². The molecule has 0 spiro atoms. The molecule has 2 aliphatic heterocycles. The summed E-state index contributed by atoms with van der Waals surface area (Å²) in [7, 11) is 1.72. The Morgan fingerprint density at radius 3 is 2.04 bits per heavy atom. The Morgan fingerprint density at radius 2 is 1.52 bits per heavy atom. The van der Waals surface area contributed by atoms with Gasteiger partial charge in [0.25, 0.3) is 0 Å². The van der Waals surface area contributed by atoms with Gasteiger partial charge in [0.2, 0.25) is 23.6 Å². The van der Waals surface area contributed by atoms with E-state index in [2.05, 4.69) is 36.2 Å². The van der Waals surface area contributed by atoms with Crippen molar-refractivity contribution in [2.24, 2.45) is 11.3 Å². The zero-order chi connectivity index (χ0) is 34.8. The first-order valence-corrected chi connectivity index (χ1v) is 16.9. The fourth-order valence-corrected chi connectivity index (χ4v) is 6.58. The highest BCUT2D eigenvalue weighted by Crippen LogP contribution is 2.27. The van der Waals surface area contributed by atoms with Crippen molar-refractivity contribution < 1.29 is 19.2 Å². The number of piperidine rings is 1. The van der Waals surface area contributed by atoms with Gasteiger partial charge in [-0.25, -0.2) is 0 Å². The van der Waals surface area contributed by atoms with Gasteiger partial charge in [-0.15, -0.1) is 0 Å². The highest BCUT2D eigenvalue weighted by Gasteiger charge is 2.41. The average molecular weight is 640 g/mol. The fraction of sp³-hybridized carbons (Fsp3) is 0.771. The average Bonchev–Trinajstić information content (AvgIpc) is 3.50. The van der Waals surface area contributed by atoms with E-state index in [0.29, 0.717) is 25.0 Å². The summed E-state index contributed by atoms with van der Waals surface area (Å²) < 4.78 is 0. The van der Waals surface area contributed by atoms with Crippen LogP contribution in [0, 0.1) is 34.0 Å². The first kappa shape index (κ1) is 38.7. The minimum absolute atomic E-state index is 0.0359.